The summed E-state index contributed by atoms with van der Waals surface area (Å²) in [7, 11) is 3.94. The number of carbonyl (C=O) groups excluding carboxylic acids is 1. The molecular formula is C20H33N5O2. The molecular weight excluding hydrogens is 342 g/mol. The molecule has 1 aliphatic heterocycles. The minimum Gasteiger partial charge on any atom is -0.450 e. The summed E-state index contributed by atoms with van der Waals surface area (Å²) in [4.78, 5) is 22.5. The molecule has 27 heavy (non-hydrogen) atoms. The van der Waals surface area contributed by atoms with Gasteiger partial charge in [-0.1, -0.05) is 30.3 Å². The molecule has 150 valence electrons. The maximum absolute atomic E-state index is 11.8. The molecule has 0 radical (unpaired) electrons. The van der Waals surface area contributed by atoms with Crippen LogP contribution in [0.4, 0.5) is 4.79 Å². The zero-order chi connectivity index (χ0) is 19.6. The first-order chi connectivity index (χ1) is 13.0. The lowest BCUT2D eigenvalue weighted by Crippen LogP contribution is -2.55. The average Bonchev–Trinajstić information content (AvgIpc) is 2.69. The predicted octanol–water partition coefficient (Wildman–Crippen LogP) is 1.86. The Morgan fingerprint density at radius 1 is 1.22 bits per heavy atom. The van der Waals surface area contributed by atoms with Crippen LogP contribution in [0.2, 0.25) is 0 Å². The van der Waals surface area contributed by atoms with Gasteiger partial charge in [-0.3, -0.25) is 9.89 Å². The average molecular weight is 376 g/mol. The molecule has 0 saturated carbocycles. The predicted molar refractivity (Wildman–Crippen MR) is 109 cm³/mol. The number of nitrogens with zero attached hydrogens (tertiary/aromatic N) is 4. The largest absolute Gasteiger partial charge is 0.450 e. The number of aliphatic imine (C=N–C) groups is 1. The minimum atomic E-state index is -0.226. The number of guanidine groups is 1. The zero-order valence-electron chi connectivity index (χ0n) is 17.0. The number of carbonyl (C=O) groups is 1. The van der Waals surface area contributed by atoms with E-state index in [1.807, 2.05) is 13.0 Å². The second-order valence-electron chi connectivity index (χ2n) is 6.85. The lowest BCUT2D eigenvalue weighted by Gasteiger charge is -2.36. The van der Waals surface area contributed by atoms with Crippen LogP contribution in [-0.4, -0.2) is 86.2 Å². The molecule has 1 fully saturated rings. The Hall–Kier alpha value is -2.28. The maximum Gasteiger partial charge on any atom is 0.409 e. The van der Waals surface area contributed by atoms with Crippen LogP contribution in [0.15, 0.2) is 35.3 Å². The van der Waals surface area contributed by atoms with Gasteiger partial charge in [0.2, 0.25) is 0 Å². The van der Waals surface area contributed by atoms with E-state index in [4.69, 9.17) is 4.74 Å². The van der Waals surface area contributed by atoms with E-state index >= 15 is 0 Å². The molecule has 2 rings (SSSR count). The van der Waals surface area contributed by atoms with E-state index in [9.17, 15) is 4.79 Å². The highest BCUT2D eigenvalue weighted by molar-refractivity contribution is 5.80. The molecule has 7 nitrogen and oxygen atoms in total. The smallest absolute Gasteiger partial charge is 0.409 e. The van der Waals surface area contributed by atoms with E-state index in [-0.39, 0.29) is 6.09 Å². The van der Waals surface area contributed by atoms with Gasteiger partial charge in [0.1, 0.15) is 0 Å². The van der Waals surface area contributed by atoms with Gasteiger partial charge in [-0.05, 0) is 26.5 Å². The summed E-state index contributed by atoms with van der Waals surface area (Å²) in [6, 6.07) is 10.9. The number of ether oxygens (including phenoxy) is 1. The molecule has 1 aliphatic rings. The van der Waals surface area contributed by atoms with Crippen molar-refractivity contribution in [2.24, 2.45) is 4.99 Å². The monoisotopic (exact) mass is 375 g/mol. The fourth-order valence-electron chi connectivity index (χ4n) is 3.07. The maximum atomic E-state index is 11.8. The topological polar surface area (TPSA) is 60.4 Å². The Bertz CT molecular complexity index is 600. The SMILES string of the molecule is CCOC(=O)N1CCN(C(=NC)NCC(C)N(C)Cc2ccccc2)CC1. The van der Waals surface area contributed by atoms with Gasteiger partial charge in [0.05, 0.1) is 6.61 Å². The Labute approximate surface area is 163 Å². The van der Waals surface area contributed by atoms with Crippen molar-refractivity contribution in [2.75, 3.05) is 53.4 Å². The van der Waals surface area contributed by atoms with Gasteiger partial charge < -0.3 is 19.9 Å². The van der Waals surface area contributed by atoms with Gasteiger partial charge in [0, 0.05) is 52.4 Å². The molecule has 1 unspecified atom stereocenters. The van der Waals surface area contributed by atoms with Crippen LogP contribution in [-0.2, 0) is 11.3 Å². The van der Waals surface area contributed by atoms with Crippen molar-refractivity contribution < 1.29 is 9.53 Å². The molecule has 1 heterocycles. The second-order valence-corrected chi connectivity index (χ2v) is 6.85. The van der Waals surface area contributed by atoms with Crippen molar-refractivity contribution in [3.63, 3.8) is 0 Å². The molecule has 1 atom stereocenters. The standard InChI is InChI=1S/C20H33N5O2/c1-5-27-20(26)25-13-11-24(12-14-25)19(21-3)22-15-17(2)23(4)16-18-9-7-6-8-10-18/h6-10,17H,5,11-16H2,1-4H3,(H,21,22). The van der Waals surface area contributed by atoms with Gasteiger partial charge in [0.25, 0.3) is 0 Å². The molecule has 1 saturated heterocycles. The van der Waals surface area contributed by atoms with E-state index in [0.717, 1.165) is 32.1 Å². The van der Waals surface area contributed by atoms with Crippen molar-refractivity contribution in [1.29, 1.82) is 0 Å². The molecule has 0 aliphatic carbocycles. The van der Waals surface area contributed by atoms with Crippen molar-refractivity contribution in [1.82, 2.24) is 20.0 Å². The van der Waals surface area contributed by atoms with Crippen LogP contribution in [0, 0.1) is 0 Å². The highest BCUT2D eigenvalue weighted by Gasteiger charge is 2.24. The van der Waals surface area contributed by atoms with Gasteiger partial charge >= 0.3 is 6.09 Å². The van der Waals surface area contributed by atoms with Crippen molar-refractivity contribution in [3.8, 4) is 0 Å². The number of hydrogen-bond acceptors (Lipinski definition) is 4. The fraction of sp³-hybridized carbons (Fsp3) is 0.600. The van der Waals surface area contributed by atoms with Crippen LogP contribution >= 0.6 is 0 Å². The lowest BCUT2D eigenvalue weighted by molar-refractivity contribution is 0.0914. The Morgan fingerprint density at radius 2 is 1.85 bits per heavy atom. The summed E-state index contributed by atoms with van der Waals surface area (Å²) in [6.45, 7) is 9.01. The fourth-order valence-corrected chi connectivity index (χ4v) is 3.07. The van der Waals surface area contributed by atoms with E-state index < -0.39 is 0 Å². The Morgan fingerprint density at radius 3 is 2.44 bits per heavy atom. The van der Waals surface area contributed by atoms with Gasteiger partial charge in [-0.2, -0.15) is 0 Å². The van der Waals surface area contributed by atoms with E-state index in [1.165, 1.54) is 5.56 Å². The molecule has 0 spiro atoms. The molecule has 1 aromatic rings. The van der Waals surface area contributed by atoms with E-state index in [1.54, 1.807) is 11.9 Å². The van der Waals surface area contributed by atoms with Crippen LogP contribution in [0.3, 0.4) is 0 Å². The Balaban J connectivity index is 1.77. The van der Waals surface area contributed by atoms with Crippen molar-refractivity contribution in [3.05, 3.63) is 35.9 Å². The summed E-state index contributed by atoms with van der Waals surface area (Å²) in [5.74, 6) is 0.887. The first-order valence-electron chi connectivity index (χ1n) is 9.66. The highest BCUT2D eigenvalue weighted by atomic mass is 16.6. The van der Waals surface area contributed by atoms with Crippen LogP contribution in [0.5, 0.6) is 0 Å². The first kappa shape index (κ1) is 21.0. The van der Waals surface area contributed by atoms with E-state index in [2.05, 4.69) is 58.3 Å². The Kier molecular flexibility index (Phi) is 8.39. The minimum absolute atomic E-state index is 0.226. The molecule has 0 bridgehead atoms. The molecule has 1 N–H and O–H groups in total. The number of rotatable bonds is 6. The number of nitrogens with one attached hydrogen (secondary N) is 1. The quantitative estimate of drug-likeness (QED) is 0.607. The third kappa shape index (κ3) is 6.43. The molecule has 0 aromatic heterocycles. The number of piperazine rings is 1. The van der Waals surface area contributed by atoms with Gasteiger partial charge in [0.15, 0.2) is 5.96 Å². The summed E-state index contributed by atoms with van der Waals surface area (Å²) in [5, 5.41) is 3.47. The number of hydrogen-bond donors (Lipinski definition) is 1. The number of amides is 1. The lowest BCUT2D eigenvalue weighted by atomic mass is 10.2. The zero-order valence-corrected chi connectivity index (χ0v) is 17.0. The second kappa shape index (κ2) is 10.8. The third-order valence-electron chi connectivity index (χ3n) is 4.90. The number of benzene rings is 1. The molecule has 7 heteroatoms. The number of likely N-dealkylation sites (N-methyl/N-ethyl adjacent to an activating group) is 1. The molecule has 1 aromatic carbocycles. The van der Waals surface area contributed by atoms with Gasteiger partial charge in [-0.15, -0.1) is 0 Å². The highest BCUT2D eigenvalue weighted by Crippen LogP contribution is 2.07. The van der Waals surface area contributed by atoms with Crippen LogP contribution in [0.25, 0.3) is 0 Å². The summed E-state index contributed by atoms with van der Waals surface area (Å²) >= 11 is 0. The van der Waals surface area contributed by atoms with E-state index in [0.29, 0.717) is 25.7 Å². The first-order valence-corrected chi connectivity index (χ1v) is 9.66. The van der Waals surface area contributed by atoms with Gasteiger partial charge in [-0.25, -0.2) is 4.79 Å². The van der Waals surface area contributed by atoms with Crippen molar-refractivity contribution in [2.45, 2.75) is 26.4 Å². The van der Waals surface area contributed by atoms with Crippen molar-refractivity contribution >= 4 is 12.1 Å². The van der Waals surface area contributed by atoms with Crippen LogP contribution in [0.1, 0.15) is 19.4 Å². The van der Waals surface area contributed by atoms with Crippen LogP contribution < -0.4 is 5.32 Å². The summed E-state index contributed by atoms with van der Waals surface area (Å²) in [6.07, 6.45) is -0.226. The summed E-state index contributed by atoms with van der Waals surface area (Å²) in [5.41, 5.74) is 1.31. The molecule has 1 amide bonds. The normalized spacial score (nSPS) is 16.4. The summed E-state index contributed by atoms with van der Waals surface area (Å²) < 4.78 is 5.07. The third-order valence-corrected chi connectivity index (χ3v) is 4.90.